The molecule has 0 heterocycles. The highest BCUT2D eigenvalue weighted by molar-refractivity contribution is 7.92. The van der Waals surface area contributed by atoms with E-state index in [1.54, 1.807) is 6.92 Å². The molecular formula is C24H22Cl2N2O6S. The van der Waals surface area contributed by atoms with E-state index in [1.807, 2.05) is 0 Å². The Bertz CT molecular complexity index is 1310. The SMILES string of the molecule is CCOC(=O)c1ccc(NC(=O)CN(c2ccc(Cl)cc2)S(=O)(=O)c2ccc(OC)cc2)cc1Cl. The maximum atomic E-state index is 13.4. The maximum absolute atomic E-state index is 13.4. The number of nitrogens with one attached hydrogen (secondary N) is 1. The van der Waals surface area contributed by atoms with Crippen LogP contribution in [0, 0.1) is 0 Å². The van der Waals surface area contributed by atoms with Gasteiger partial charge in [0.05, 0.1) is 34.9 Å². The van der Waals surface area contributed by atoms with E-state index in [0.29, 0.717) is 10.8 Å². The molecule has 0 spiro atoms. The fourth-order valence-electron chi connectivity index (χ4n) is 3.10. The van der Waals surface area contributed by atoms with Gasteiger partial charge in [0.15, 0.2) is 0 Å². The molecule has 8 nitrogen and oxygen atoms in total. The molecule has 0 aliphatic heterocycles. The number of carbonyl (C=O) groups excluding carboxylic acids is 2. The number of esters is 1. The second-order valence-electron chi connectivity index (χ2n) is 7.13. The molecule has 3 aromatic rings. The molecular weight excluding hydrogens is 515 g/mol. The zero-order chi connectivity index (χ0) is 25.6. The van der Waals surface area contributed by atoms with Crippen molar-refractivity contribution in [2.45, 2.75) is 11.8 Å². The number of ether oxygens (including phenoxy) is 2. The van der Waals surface area contributed by atoms with E-state index < -0.39 is 28.4 Å². The highest BCUT2D eigenvalue weighted by Gasteiger charge is 2.27. The first-order valence-corrected chi connectivity index (χ1v) is 12.5. The Kier molecular flexibility index (Phi) is 8.61. The van der Waals surface area contributed by atoms with Gasteiger partial charge in [0.25, 0.3) is 10.0 Å². The average molecular weight is 537 g/mol. The van der Waals surface area contributed by atoms with E-state index in [9.17, 15) is 18.0 Å². The van der Waals surface area contributed by atoms with Crippen molar-refractivity contribution < 1.29 is 27.5 Å². The molecule has 0 aliphatic rings. The Hall–Kier alpha value is -3.27. The van der Waals surface area contributed by atoms with Crippen LogP contribution < -0.4 is 14.4 Å². The maximum Gasteiger partial charge on any atom is 0.339 e. The molecule has 0 radical (unpaired) electrons. The van der Waals surface area contributed by atoms with E-state index in [2.05, 4.69) is 5.32 Å². The summed E-state index contributed by atoms with van der Waals surface area (Å²) in [5.41, 5.74) is 0.679. The van der Waals surface area contributed by atoms with Crippen molar-refractivity contribution in [3.8, 4) is 5.75 Å². The van der Waals surface area contributed by atoms with Gasteiger partial charge in [-0.05, 0) is 73.7 Å². The van der Waals surface area contributed by atoms with Gasteiger partial charge in [0.2, 0.25) is 5.91 Å². The number of sulfonamides is 1. The summed E-state index contributed by atoms with van der Waals surface area (Å²) in [6, 6.07) is 16.1. The summed E-state index contributed by atoms with van der Waals surface area (Å²) in [7, 11) is -2.65. The molecule has 0 aromatic heterocycles. The number of halogens is 2. The third-order valence-electron chi connectivity index (χ3n) is 4.80. The molecule has 0 saturated carbocycles. The zero-order valence-electron chi connectivity index (χ0n) is 18.8. The molecule has 35 heavy (non-hydrogen) atoms. The molecule has 184 valence electrons. The molecule has 0 bridgehead atoms. The number of anilines is 2. The lowest BCUT2D eigenvalue weighted by atomic mass is 10.2. The largest absolute Gasteiger partial charge is 0.497 e. The molecule has 1 N–H and O–H groups in total. The normalized spacial score (nSPS) is 11.0. The first-order chi connectivity index (χ1) is 16.6. The van der Waals surface area contributed by atoms with E-state index >= 15 is 0 Å². The number of rotatable bonds is 9. The van der Waals surface area contributed by atoms with Gasteiger partial charge in [0, 0.05) is 10.7 Å². The Morgan fingerprint density at radius 3 is 2.20 bits per heavy atom. The molecule has 3 rings (SSSR count). The van der Waals surface area contributed by atoms with Gasteiger partial charge in [-0.1, -0.05) is 23.2 Å². The summed E-state index contributed by atoms with van der Waals surface area (Å²) in [5, 5.41) is 3.10. The van der Waals surface area contributed by atoms with Gasteiger partial charge in [-0.25, -0.2) is 13.2 Å². The van der Waals surface area contributed by atoms with Gasteiger partial charge in [-0.2, -0.15) is 0 Å². The number of nitrogens with zero attached hydrogens (tertiary/aromatic N) is 1. The molecule has 1 amide bonds. The van der Waals surface area contributed by atoms with Crippen molar-refractivity contribution in [2.75, 3.05) is 29.9 Å². The summed E-state index contributed by atoms with van der Waals surface area (Å²) in [5.74, 6) is -0.727. The van der Waals surface area contributed by atoms with Crippen molar-refractivity contribution in [3.63, 3.8) is 0 Å². The standard InChI is InChI=1S/C24H22Cl2N2O6S/c1-3-34-24(30)21-13-6-17(14-22(21)26)27-23(29)15-28(18-7-4-16(25)5-8-18)35(31,32)20-11-9-19(33-2)10-12-20/h4-14H,3,15H2,1-2H3,(H,27,29). The minimum absolute atomic E-state index is 0.0251. The number of hydrogen-bond acceptors (Lipinski definition) is 6. The molecule has 0 saturated heterocycles. The molecule has 0 unspecified atom stereocenters. The first kappa shape index (κ1) is 26.3. The monoisotopic (exact) mass is 536 g/mol. The van der Waals surface area contributed by atoms with Crippen LogP contribution in [0.5, 0.6) is 5.75 Å². The van der Waals surface area contributed by atoms with Gasteiger partial charge in [0.1, 0.15) is 12.3 Å². The summed E-state index contributed by atoms with van der Waals surface area (Å²) in [4.78, 5) is 24.8. The fourth-order valence-corrected chi connectivity index (χ4v) is 4.90. The third-order valence-corrected chi connectivity index (χ3v) is 7.15. The summed E-state index contributed by atoms with van der Waals surface area (Å²) in [6.45, 7) is 1.33. The fraction of sp³-hybridized carbons (Fsp3) is 0.167. The van der Waals surface area contributed by atoms with Gasteiger partial charge in [-0.3, -0.25) is 9.10 Å². The van der Waals surface area contributed by atoms with E-state index in [4.69, 9.17) is 32.7 Å². The smallest absolute Gasteiger partial charge is 0.339 e. The van der Waals surface area contributed by atoms with E-state index in [1.165, 1.54) is 73.8 Å². The minimum atomic E-state index is -4.13. The third kappa shape index (κ3) is 6.45. The predicted octanol–water partition coefficient (Wildman–Crippen LogP) is 5.01. The first-order valence-electron chi connectivity index (χ1n) is 10.3. The van der Waals surface area contributed by atoms with Crippen LogP contribution in [0.2, 0.25) is 10.0 Å². The second kappa shape index (κ2) is 11.4. The van der Waals surface area contributed by atoms with Crippen molar-refractivity contribution in [3.05, 3.63) is 82.3 Å². The van der Waals surface area contributed by atoms with E-state index in [-0.39, 0.29) is 33.5 Å². The number of benzene rings is 3. The van der Waals surface area contributed by atoms with Crippen LogP contribution in [0.4, 0.5) is 11.4 Å². The van der Waals surface area contributed by atoms with Crippen LogP contribution in [0.15, 0.2) is 71.6 Å². The van der Waals surface area contributed by atoms with Crippen LogP contribution >= 0.6 is 23.2 Å². The van der Waals surface area contributed by atoms with Crippen LogP contribution in [0.1, 0.15) is 17.3 Å². The lowest BCUT2D eigenvalue weighted by Gasteiger charge is -2.24. The van der Waals surface area contributed by atoms with Crippen molar-refractivity contribution in [1.29, 1.82) is 0 Å². The molecule has 0 atom stereocenters. The highest BCUT2D eigenvalue weighted by atomic mass is 35.5. The van der Waals surface area contributed by atoms with Gasteiger partial charge < -0.3 is 14.8 Å². The minimum Gasteiger partial charge on any atom is -0.497 e. The number of hydrogen-bond donors (Lipinski definition) is 1. The molecule has 0 aliphatic carbocycles. The van der Waals surface area contributed by atoms with Crippen LogP contribution in [0.3, 0.4) is 0 Å². The summed E-state index contributed by atoms with van der Waals surface area (Å²) >= 11 is 12.1. The van der Waals surface area contributed by atoms with Crippen molar-refractivity contribution in [2.24, 2.45) is 0 Å². The van der Waals surface area contributed by atoms with Gasteiger partial charge >= 0.3 is 5.97 Å². The lowest BCUT2D eigenvalue weighted by molar-refractivity contribution is -0.114. The zero-order valence-corrected chi connectivity index (χ0v) is 21.2. The number of methoxy groups -OCH3 is 1. The summed E-state index contributed by atoms with van der Waals surface area (Å²) < 4.78 is 37.9. The Balaban J connectivity index is 1.87. The van der Waals surface area contributed by atoms with Crippen molar-refractivity contribution >= 4 is 56.5 Å². The molecule has 0 fully saturated rings. The van der Waals surface area contributed by atoms with Gasteiger partial charge in [-0.15, -0.1) is 0 Å². The highest BCUT2D eigenvalue weighted by Crippen LogP contribution is 2.27. The Labute approximate surface area is 213 Å². The van der Waals surface area contributed by atoms with Crippen molar-refractivity contribution in [1.82, 2.24) is 0 Å². The quantitative estimate of drug-likeness (QED) is 0.385. The second-order valence-corrected chi connectivity index (χ2v) is 9.83. The average Bonchev–Trinajstić information content (AvgIpc) is 2.83. The predicted molar refractivity (Wildman–Crippen MR) is 135 cm³/mol. The number of carbonyl (C=O) groups is 2. The van der Waals surface area contributed by atoms with Crippen LogP contribution in [-0.2, 0) is 19.6 Å². The topological polar surface area (TPSA) is 102 Å². The Morgan fingerprint density at radius 1 is 0.971 bits per heavy atom. The van der Waals surface area contributed by atoms with E-state index in [0.717, 1.165) is 4.31 Å². The molecule has 3 aromatic carbocycles. The Morgan fingerprint density at radius 2 is 1.63 bits per heavy atom. The number of amides is 1. The molecule has 11 heteroatoms. The van der Waals surface area contributed by atoms with Crippen LogP contribution in [0.25, 0.3) is 0 Å². The lowest BCUT2D eigenvalue weighted by Crippen LogP contribution is -2.38. The summed E-state index contributed by atoms with van der Waals surface area (Å²) in [6.07, 6.45) is 0. The van der Waals surface area contributed by atoms with Crippen LogP contribution in [-0.4, -0.2) is 40.6 Å².